The third-order valence-corrected chi connectivity index (χ3v) is 10.4. The summed E-state index contributed by atoms with van der Waals surface area (Å²) in [6.45, 7) is 16.7. The van der Waals surface area contributed by atoms with Crippen molar-refractivity contribution in [1.29, 1.82) is 0 Å². The number of Topliss-reactive ketones (excluding diaryl/α,β-unsaturated/α-hetero) is 2. The summed E-state index contributed by atoms with van der Waals surface area (Å²) in [5, 5.41) is 0. The first-order chi connectivity index (χ1) is 14.2. The highest BCUT2D eigenvalue weighted by molar-refractivity contribution is 6.07. The lowest BCUT2D eigenvalue weighted by Gasteiger charge is -2.31. The summed E-state index contributed by atoms with van der Waals surface area (Å²) in [4.78, 5) is 40.1. The van der Waals surface area contributed by atoms with Crippen LogP contribution in [0, 0.1) is 38.9 Å². The summed E-state index contributed by atoms with van der Waals surface area (Å²) in [7, 11) is 0. The number of fused-ring (bicyclic) bond motifs is 4. The first-order valence-electron chi connectivity index (χ1n) is 11.9. The Hall–Kier alpha value is -1.71. The van der Waals surface area contributed by atoms with Crippen molar-refractivity contribution < 1.29 is 19.1 Å². The van der Waals surface area contributed by atoms with E-state index in [0.717, 1.165) is 36.8 Å². The van der Waals surface area contributed by atoms with Crippen LogP contribution in [0.2, 0.25) is 0 Å². The summed E-state index contributed by atoms with van der Waals surface area (Å²) in [5.74, 6) is 0.221. The molecule has 1 unspecified atom stereocenters. The Labute approximate surface area is 186 Å². The standard InChI is InChI=1S/C27H38O4/c1-9-31-22(30)25(6,14-16-18-10-12-26(7,20(16)28)23(18,2)3)15-17-19-11-13-27(8,21(17)29)24(19,4)5/h14-15,18-19H,9-13H2,1-8H3/b16-14-,17-15-/t18-,19-,25?,26-,27+/m1/s1. The van der Waals surface area contributed by atoms with E-state index >= 15 is 0 Å². The molecule has 0 saturated heterocycles. The second-order valence-electron chi connectivity index (χ2n) is 12.2. The summed E-state index contributed by atoms with van der Waals surface area (Å²) >= 11 is 0. The highest BCUT2D eigenvalue weighted by atomic mass is 16.5. The molecular formula is C27H38O4. The lowest BCUT2D eigenvalue weighted by atomic mass is 9.70. The zero-order valence-corrected chi connectivity index (χ0v) is 20.5. The molecule has 0 aromatic rings. The van der Waals surface area contributed by atoms with E-state index in [0.29, 0.717) is 0 Å². The minimum absolute atomic E-state index is 0.129. The van der Waals surface area contributed by atoms with Crippen LogP contribution >= 0.6 is 0 Å². The van der Waals surface area contributed by atoms with Gasteiger partial charge >= 0.3 is 5.97 Å². The van der Waals surface area contributed by atoms with Gasteiger partial charge in [-0.3, -0.25) is 14.4 Å². The predicted octanol–water partition coefficient (Wildman–Crippen LogP) is 5.46. The van der Waals surface area contributed by atoms with E-state index in [2.05, 4.69) is 41.5 Å². The summed E-state index contributed by atoms with van der Waals surface area (Å²) in [5.41, 5.74) is -0.639. The average Bonchev–Trinajstić information content (AvgIpc) is 3.16. The van der Waals surface area contributed by atoms with E-state index < -0.39 is 5.41 Å². The molecule has 31 heavy (non-hydrogen) atoms. The van der Waals surface area contributed by atoms with E-state index in [-0.39, 0.29) is 57.6 Å². The van der Waals surface area contributed by atoms with Gasteiger partial charge in [0.25, 0.3) is 0 Å². The van der Waals surface area contributed by atoms with Crippen molar-refractivity contribution in [2.75, 3.05) is 6.61 Å². The maximum absolute atomic E-state index is 13.4. The molecule has 0 amide bonds. The summed E-state index contributed by atoms with van der Waals surface area (Å²) in [6.07, 6.45) is 7.42. The molecule has 0 radical (unpaired) electrons. The molecule has 0 N–H and O–H groups in total. The fraction of sp³-hybridized carbons (Fsp3) is 0.741. The van der Waals surface area contributed by atoms with Gasteiger partial charge in [-0.05, 0) is 73.3 Å². The monoisotopic (exact) mass is 426 g/mol. The number of ketones is 2. The topological polar surface area (TPSA) is 60.4 Å². The van der Waals surface area contributed by atoms with E-state index in [9.17, 15) is 14.4 Å². The Kier molecular flexibility index (Phi) is 4.66. The highest BCUT2D eigenvalue weighted by Gasteiger charge is 2.66. The zero-order valence-electron chi connectivity index (χ0n) is 20.5. The number of ether oxygens (including phenoxy) is 1. The largest absolute Gasteiger partial charge is 0.465 e. The van der Waals surface area contributed by atoms with Gasteiger partial charge in [-0.15, -0.1) is 0 Å². The molecule has 170 valence electrons. The first kappa shape index (κ1) is 22.5. The third-order valence-electron chi connectivity index (χ3n) is 10.4. The van der Waals surface area contributed by atoms with Crippen LogP contribution in [-0.2, 0) is 19.1 Å². The lowest BCUT2D eigenvalue weighted by molar-refractivity contribution is -0.149. The van der Waals surface area contributed by atoms with Crippen LogP contribution in [0.1, 0.15) is 81.1 Å². The van der Waals surface area contributed by atoms with Crippen LogP contribution in [0.25, 0.3) is 0 Å². The van der Waals surface area contributed by atoms with Crippen molar-refractivity contribution in [3.8, 4) is 0 Å². The highest BCUT2D eigenvalue weighted by Crippen LogP contribution is 2.67. The number of esters is 1. The minimum atomic E-state index is -1.13. The molecule has 0 spiro atoms. The molecule has 4 heteroatoms. The van der Waals surface area contributed by atoms with Crippen LogP contribution in [0.15, 0.2) is 23.3 Å². The summed E-state index contributed by atoms with van der Waals surface area (Å²) < 4.78 is 5.46. The predicted molar refractivity (Wildman–Crippen MR) is 120 cm³/mol. The molecule has 0 heterocycles. The number of hydrogen-bond donors (Lipinski definition) is 0. The molecule has 5 atom stereocenters. The molecule has 4 aliphatic rings. The fourth-order valence-electron chi connectivity index (χ4n) is 7.28. The summed E-state index contributed by atoms with van der Waals surface area (Å²) in [6, 6.07) is 0. The molecule has 4 saturated carbocycles. The second kappa shape index (κ2) is 6.42. The number of carbonyl (C=O) groups is 3. The molecular weight excluding hydrogens is 388 g/mol. The van der Waals surface area contributed by atoms with Crippen LogP contribution < -0.4 is 0 Å². The van der Waals surface area contributed by atoms with Gasteiger partial charge in [0.1, 0.15) is 5.41 Å². The molecule has 4 nitrogen and oxygen atoms in total. The Morgan fingerprint density at radius 1 is 0.903 bits per heavy atom. The molecule has 0 aliphatic heterocycles. The molecule has 4 bridgehead atoms. The SMILES string of the molecule is CCOC(=O)C(C)(/C=C1\C(=O)[C@]2(C)CC[C@H]1C2(C)C)/C=C1\C(=O)[C@@]2(C)CC[C@H]1C2(C)C. The number of allylic oxidation sites excluding steroid dienone is 2. The average molecular weight is 427 g/mol. The third kappa shape index (κ3) is 2.57. The Bertz CT molecular complexity index is 869. The second-order valence-corrected chi connectivity index (χ2v) is 12.2. The smallest absolute Gasteiger partial charge is 0.319 e. The van der Waals surface area contributed by atoms with Gasteiger partial charge in [-0.2, -0.15) is 0 Å². The molecule has 0 aromatic carbocycles. The molecule has 0 aromatic heterocycles. The van der Waals surface area contributed by atoms with Crippen molar-refractivity contribution in [3.05, 3.63) is 23.3 Å². The van der Waals surface area contributed by atoms with Crippen molar-refractivity contribution >= 4 is 17.5 Å². The Balaban J connectivity index is 1.83. The molecule has 4 aliphatic carbocycles. The van der Waals surface area contributed by atoms with Gasteiger partial charge in [-0.1, -0.05) is 53.7 Å². The van der Waals surface area contributed by atoms with Gasteiger partial charge in [0.2, 0.25) is 0 Å². The van der Waals surface area contributed by atoms with Crippen LogP contribution in [0.4, 0.5) is 0 Å². The number of rotatable bonds is 4. The zero-order chi connectivity index (χ0) is 23.2. The van der Waals surface area contributed by atoms with Gasteiger partial charge in [0, 0.05) is 10.8 Å². The lowest BCUT2D eigenvalue weighted by Crippen LogP contribution is -2.33. The fourth-order valence-corrected chi connectivity index (χ4v) is 7.28. The normalized spacial score (nSPS) is 41.9. The van der Waals surface area contributed by atoms with Crippen molar-refractivity contribution in [2.45, 2.75) is 81.1 Å². The van der Waals surface area contributed by atoms with Gasteiger partial charge < -0.3 is 4.74 Å². The van der Waals surface area contributed by atoms with E-state index in [1.807, 2.05) is 19.1 Å². The van der Waals surface area contributed by atoms with Crippen LogP contribution in [0.5, 0.6) is 0 Å². The minimum Gasteiger partial charge on any atom is -0.465 e. The number of carbonyl (C=O) groups excluding carboxylic acids is 3. The van der Waals surface area contributed by atoms with E-state index in [1.165, 1.54) is 0 Å². The molecule has 4 rings (SSSR count). The van der Waals surface area contributed by atoms with Crippen LogP contribution in [-0.4, -0.2) is 24.1 Å². The first-order valence-corrected chi connectivity index (χ1v) is 11.9. The Morgan fingerprint density at radius 3 is 1.58 bits per heavy atom. The van der Waals surface area contributed by atoms with Crippen molar-refractivity contribution in [1.82, 2.24) is 0 Å². The molecule has 4 fully saturated rings. The van der Waals surface area contributed by atoms with Crippen molar-refractivity contribution in [3.63, 3.8) is 0 Å². The van der Waals surface area contributed by atoms with Gasteiger partial charge in [0.05, 0.1) is 6.61 Å². The maximum atomic E-state index is 13.4. The van der Waals surface area contributed by atoms with Crippen molar-refractivity contribution in [2.24, 2.45) is 38.9 Å². The van der Waals surface area contributed by atoms with E-state index in [4.69, 9.17) is 4.74 Å². The maximum Gasteiger partial charge on any atom is 0.319 e. The number of hydrogen-bond acceptors (Lipinski definition) is 4. The van der Waals surface area contributed by atoms with Gasteiger partial charge in [0.15, 0.2) is 11.6 Å². The van der Waals surface area contributed by atoms with E-state index in [1.54, 1.807) is 6.92 Å². The Morgan fingerprint density at radius 2 is 1.29 bits per heavy atom. The quantitative estimate of drug-likeness (QED) is 0.442. The van der Waals surface area contributed by atoms with Gasteiger partial charge in [-0.25, -0.2) is 0 Å². The van der Waals surface area contributed by atoms with Crippen LogP contribution in [0.3, 0.4) is 0 Å².